The molecule has 0 saturated carbocycles. The summed E-state index contributed by atoms with van der Waals surface area (Å²) in [4.78, 5) is 0. The van der Waals surface area contributed by atoms with E-state index in [2.05, 4.69) is 0 Å². The maximum Gasteiger partial charge on any atom is 0.138 e. The fraction of sp³-hybridized carbons (Fsp3) is 0.200. The van der Waals surface area contributed by atoms with Gasteiger partial charge in [-0.15, -0.1) is 0 Å². The van der Waals surface area contributed by atoms with E-state index in [0.717, 1.165) is 0 Å². The first-order valence-corrected chi connectivity index (χ1v) is 4.25. The maximum absolute atomic E-state index is 13.1. The molecule has 74 valence electrons. The molecule has 0 aliphatic heterocycles. The van der Waals surface area contributed by atoms with Gasteiger partial charge in [-0.2, -0.15) is 0 Å². The van der Waals surface area contributed by atoms with Crippen molar-refractivity contribution >= 4 is 11.0 Å². The molecule has 2 rings (SSSR count). The minimum Gasteiger partial charge on any atom is -0.464 e. The highest BCUT2D eigenvalue weighted by Crippen LogP contribution is 2.25. The van der Waals surface area contributed by atoms with Crippen molar-refractivity contribution in [2.75, 3.05) is 6.61 Å². The molecule has 0 aliphatic carbocycles. The van der Waals surface area contributed by atoms with Gasteiger partial charge in [0.2, 0.25) is 0 Å². The predicted molar refractivity (Wildman–Crippen MR) is 50.2 cm³/mol. The third kappa shape index (κ3) is 1.38. The van der Waals surface area contributed by atoms with Crippen molar-refractivity contribution in [2.24, 2.45) is 5.73 Å². The zero-order chi connectivity index (χ0) is 10.1. The van der Waals surface area contributed by atoms with Crippen LogP contribution in [0.25, 0.3) is 11.0 Å². The van der Waals surface area contributed by atoms with E-state index in [-0.39, 0.29) is 12.4 Å². The fourth-order valence-corrected chi connectivity index (χ4v) is 1.45. The van der Waals surface area contributed by atoms with Crippen LogP contribution in [0, 0.1) is 5.82 Å². The fourth-order valence-electron chi connectivity index (χ4n) is 1.45. The van der Waals surface area contributed by atoms with Crippen LogP contribution in [0.2, 0.25) is 0 Å². The number of rotatable bonds is 2. The summed E-state index contributed by atoms with van der Waals surface area (Å²) >= 11 is 0. The van der Waals surface area contributed by atoms with E-state index in [1.165, 1.54) is 18.4 Å². The molecule has 1 atom stereocenters. The van der Waals surface area contributed by atoms with Gasteiger partial charge in [0.25, 0.3) is 0 Å². The third-order valence-corrected chi connectivity index (χ3v) is 2.14. The van der Waals surface area contributed by atoms with E-state index in [9.17, 15) is 4.39 Å². The SMILES string of the molecule is NC(CO)c1cc(F)cc2ccoc12. The second-order valence-corrected chi connectivity index (χ2v) is 3.12. The molecule has 0 saturated heterocycles. The largest absolute Gasteiger partial charge is 0.464 e. The number of nitrogens with two attached hydrogens (primary N) is 1. The van der Waals surface area contributed by atoms with Crippen LogP contribution >= 0.6 is 0 Å². The van der Waals surface area contributed by atoms with Gasteiger partial charge in [-0.25, -0.2) is 4.39 Å². The molecule has 0 fully saturated rings. The van der Waals surface area contributed by atoms with Gasteiger partial charge in [0, 0.05) is 10.9 Å². The molecule has 1 aromatic heterocycles. The van der Waals surface area contributed by atoms with Crippen LogP contribution in [-0.4, -0.2) is 11.7 Å². The van der Waals surface area contributed by atoms with Gasteiger partial charge in [0.05, 0.1) is 18.9 Å². The zero-order valence-electron chi connectivity index (χ0n) is 7.40. The molecule has 3 nitrogen and oxygen atoms in total. The van der Waals surface area contributed by atoms with Gasteiger partial charge >= 0.3 is 0 Å². The van der Waals surface area contributed by atoms with E-state index >= 15 is 0 Å². The van der Waals surface area contributed by atoms with E-state index in [0.29, 0.717) is 16.5 Å². The minimum atomic E-state index is -0.612. The molecule has 1 aromatic carbocycles. The number of hydrogen-bond donors (Lipinski definition) is 2. The Bertz CT molecular complexity index is 452. The Labute approximate surface area is 79.9 Å². The molecule has 3 N–H and O–H groups in total. The highest BCUT2D eigenvalue weighted by molar-refractivity contribution is 5.80. The van der Waals surface area contributed by atoms with Crippen LogP contribution in [0.4, 0.5) is 4.39 Å². The number of aliphatic hydroxyl groups excluding tert-OH is 1. The van der Waals surface area contributed by atoms with Crippen molar-refractivity contribution in [3.05, 3.63) is 35.8 Å². The molecule has 14 heavy (non-hydrogen) atoms. The number of fused-ring (bicyclic) bond motifs is 1. The minimum absolute atomic E-state index is 0.237. The summed E-state index contributed by atoms with van der Waals surface area (Å²) in [5.74, 6) is -0.377. The lowest BCUT2D eigenvalue weighted by Gasteiger charge is -2.08. The van der Waals surface area contributed by atoms with Crippen LogP contribution in [0.3, 0.4) is 0 Å². The third-order valence-electron chi connectivity index (χ3n) is 2.14. The van der Waals surface area contributed by atoms with Crippen LogP contribution in [0.5, 0.6) is 0 Å². The predicted octanol–water partition coefficient (Wildman–Crippen LogP) is 1.56. The molecule has 2 aromatic rings. The lowest BCUT2D eigenvalue weighted by atomic mass is 10.1. The summed E-state index contributed by atoms with van der Waals surface area (Å²) in [6.45, 7) is -0.237. The van der Waals surface area contributed by atoms with Crippen molar-refractivity contribution < 1.29 is 13.9 Å². The highest BCUT2D eigenvalue weighted by atomic mass is 19.1. The lowest BCUT2D eigenvalue weighted by molar-refractivity contribution is 0.267. The maximum atomic E-state index is 13.1. The molecular weight excluding hydrogens is 185 g/mol. The van der Waals surface area contributed by atoms with E-state index in [1.807, 2.05) is 0 Å². The van der Waals surface area contributed by atoms with Gasteiger partial charge in [0.15, 0.2) is 0 Å². The van der Waals surface area contributed by atoms with E-state index in [1.54, 1.807) is 6.07 Å². The Morgan fingerprint density at radius 2 is 2.29 bits per heavy atom. The van der Waals surface area contributed by atoms with Crippen molar-refractivity contribution in [1.29, 1.82) is 0 Å². The smallest absolute Gasteiger partial charge is 0.138 e. The van der Waals surface area contributed by atoms with Crippen LogP contribution in [0.15, 0.2) is 28.9 Å². The summed E-state index contributed by atoms with van der Waals surface area (Å²) in [6.07, 6.45) is 1.47. The van der Waals surface area contributed by atoms with Crippen molar-refractivity contribution in [2.45, 2.75) is 6.04 Å². The van der Waals surface area contributed by atoms with Gasteiger partial charge in [-0.3, -0.25) is 0 Å². The Morgan fingerprint density at radius 3 is 3.00 bits per heavy atom. The molecule has 1 unspecified atom stereocenters. The van der Waals surface area contributed by atoms with E-state index in [4.69, 9.17) is 15.3 Å². The Kier molecular flexibility index (Phi) is 2.23. The molecule has 0 bridgehead atoms. The molecule has 4 heteroatoms. The second-order valence-electron chi connectivity index (χ2n) is 3.12. The topological polar surface area (TPSA) is 59.4 Å². The normalized spacial score (nSPS) is 13.4. The van der Waals surface area contributed by atoms with Crippen molar-refractivity contribution in [3.63, 3.8) is 0 Å². The lowest BCUT2D eigenvalue weighted by Crippen LogP contribution is -2.14. The Balaban J connectivity index is 2.66. The van der Waals surface area contributed by atoms with Gasteiger partial charge in [-0.05, 0) is 18.2 Å². The first kappa shape index (κ1) is 9.18. The monoisotopic (exact) mass is 195 g/mol. The summed E-state index contributed by atoms with van der Waals surface area (Å²) in [7, 11) is 0. The molecular formula is C10H10FNO2. The van der Waals surface area contributed by atoms with Gasteiger partial charge in [-0.1, -0.05) is 0 Å². The van der Waals surface area contributed by atoms with Crippen molar-refractivity contribution in [1.82, 2.24) is 0 Å². The summed E-state index contributed by atoms with van der Waals surface area (Å²) in [6, 6.07) is 3.70. The van der Waals surface area contributed by atoms with Gasteiger partial charge in [0.1, 0.15) is 11.4 Å². The van der Waals surface area contributed by atoms with Crippen LogP contribution in [-0.2, 0) is 0 Å². The average molecular weight is 195 g/mol. The highest BCUT2D eigenvalue weighted by Gasteiger charge is 2.13. The number of aliphatic hydroxyl groups is 1. The summed E-state index contributed by atoms with van der Waals surface area (Å²) in [5, 5.41) is 9.54. The molecule has 0 spiro atoms. The molecule has 0 aliphatic rings. The zero-order valence-corrected chi connectivity index (χ0v) is 7.40. The second kappa shape index (κ2) is 3.40. The average Bonchev–Trinajstić information content (AvgIpc) is 2.62. The Hall–Kier alpha value is -1.39. The van der Waals surface area contributed by atoms with Crippen molar-refractivity contribution in [3.8, 4) is 0 Å². The van der Waals surface area contributed by atoms with Crippen LogP contribution < -0.4 is 5.73 Å². The van der Waals surface area contributed by atoms with Crippen LogP contribution in [0.1, 0.15) is 11.6 Å². The first-order chi connectivity index (χ1) is 6.72. The van der Waals surface area contributed by atoms with Gasteiger partial charge < -0.3 is 15.3 Å². The standard InChI is InChI=1S/C10H10FNO2/c11-7-3-6-1-2-14-10(6)8(4-7)9(12)5-13/h1-4,9,13H,5,12H2. The number of halogens is 1. The number of hydrogen-bond acceptors (Lipinski definition) is 3. The quantitative estimate of drug-likeness (QED) is 0.764. The summed E-state index contributed by atoms with van der Waals surface area (Å²) < 4.78 is 18.3. The molecule has 0 radical (unpaired) electrons. The summed E-state index contributed by atoms with van der Waals surface area (Å²) in [5.41, 5.74) is 6.64. The first-order valence-electron chi connectivity index (χ1n) is 4.25. The molecule has 0 amide bonds. The molecule has 1 heterocycles. The Morgan fingerprint density at radius 1 is 1.50 bits per heavy atom. The van der Waals surface area contributed by atoms with E-state index < -0.39 is 6.04 Å². The number of furan rings is 1. The number of benzene rings is 1.